The first-order valence-corrected chi connectivity index (χ1v) is 7.14. The van der Waals surface area contributed by atoms with Crippen LogP contribution in [0.4, 0.5) is 0 Å². The van der Waals surface area contributed by atoms with Crippen molar-refractivity contribution in [3.63, 3.8) is 0 Å². The first-order valence-electron chi connectivity index (χ1n) is 7.14. The average Bonchev–Trinajstić information content (AvgIpc) is 2.36. The van der Waals surface area contributed by atoms with Crippen LogP contribution in [0.3, 0.4) is 0 Å². The lowest BCUT2D eigenvalue weighted by molar-refractivity contribution is 0.0943. The van der Waals surface area contributed by atoms with Gasteiger partial charge in [0.2, 0.25) is 0 Å². The summed E-state index contributed by atoms with van der Waals surface area (Å²) < 4.78 is 0. The monoisotopic (exact) mass is 260 g/mol. The number of carbonyl (C=O) groups is 1. The fourth-order valence-corrected chi connectivity index (χ4v) is 2.95. The Morgan fingerprint density at radius 3 is 2.37 bits per heavy atom. The molecule has 0 bridgehead atoms. The molecular formula is C16H24N2O. The third-order valence-electron chi connectivity index (χ3n) is 3.91. The molecule has 0 atom stereocenters. The van der Waals surface area contributed by atoms with Gasteiger partial charge >= 0.3 is 0 Å². The van der Waals surface area contributed by atoms with E-state index in [0.717, 1.165) is 49.2 Å². The fraction of sp³-hybridized carbons (Fsp3) is 0.562. The van der Waals surface area contributed by atoms with Crippen molar-refractivity contribution in [1.82, 2.24) is 10.6 Å². The third kappa shape index (κ3) is 3.57. The highest BCUT2D eigenvalue weighted by atomic mass is 16.1. The molecule has 1 saturated heterocycles. The van der Waals surface area contributed by atoms with E-state index in [4.69, 9.17) is 0 Å². The predicted molar refractivity (Wildman–Crippen MR) is 78.6 cm³/mol. The maximum Gasteiger partial charge on any atom is 0.251 e. The zero-order chi connectivity index (χ0) is 13.8. The van der Waals surface area contributed by atoms with Crippen LogP contribution in [-0.4, -0.2) is 25.5 Å². The van der Waals surface area contributed by atoms with E-state index in [1.807, 2.05) is 13.8 Å². The van der Waals surface area contributed by atoms with Gasteiger partial charge in [0.1, 0.15) is 0 Å². The molecule has 0 aromatic heterocycles. The van der Waals surface area contributed by atoms with Gasteiger partial charge in [-0.25, -0.2) is 0 Å². The second-order valence-corrected chi connectivity index (χ2v) is 5.68. The topological polar surface area (TPSA) is 41.1 Å². The van der Waals surface area contributed by atoms with Crippen molar-refractivity contribution < 1.29 is 4.79 Å². The van der Waals surface area contributed by atoms with Crippen molar-refractivity contribution in [3.8, 4) is 0 Å². The molecule has 19 heavy (non-hydrogen) atoms. The fourth-order valence-electron chi connectivity index (χ4n) is 2.95. The van der Waals surface area contributed by atoms with Gasteiger partial charge in [0, 0.05) is 12.1 Å². The van der Waals surface area contributed by atoms with E-state index < -0.39 is 0 Å². The molecular weight excluding hydrogens is 236 g/mol. The van der Waals surface area contributed by atoms with Crippen LogP contribution in [0.5, 0.6) is 0 Å². The number of hydrogen-bond acceptors (Lipinski definition) is 2. The highest BCUT2D eigenvalue weighted by molar-refractivity contribution is 5.97. The Balaban J connectivity index is 1.99. The molecule has 0 aliphatic carbocycles. The molecule has 1 aromatic carbocycles. The van der Waals surface area contributed by atoms with Crippen molar-refractivity contribution in [1.29, 1.82) is 0 Å². The zero-order valence-corrected chi connectivity index (χ0v) is 12.2. The summed E-state index contributed by atoms with van der Waals surface area (Å²) in [4.78, 5) is 12.3. The number of amides is 1. The molecule has 1 aromatic rings. The Morgan fingerprint density at radius 1 is 1.21 bits per heavy atom. The summed E-state index contributed by atoms with van der Waals surface area (Å²) in [6.45, 7) is 9.04. The summed E-state index contributed by atoms with van der Waals surface area (Å²) in [6.07, 6.45) is 2.32. The molecule has 0 saturated carbocycles. The minimum absolute atomic E-state index is 0.0773. The summed E-state index contributed by atoms with van der Waals surface area (Å²) in [5.74, 6) is 0.699. The lowest BCUT2D eigenvalue weighted by Crippen LogP contribution is -2.36. The summed E-state index contributed by atoms with van der Waals surface area (Å²) in [5, 5.41) is 6.45. The number of benzene rings is 1. The van der Waals surface area contributed by atoms with Crippen LogP contribution >= 0.6 is 0 Å². The number of rotatable bonds is 3. The quantitative estimate of drug-likeness (QED) is 0.876. The molecule has 1 fully saturated rings. The van der Waals surface area contributed by atoms with Gasteiger partial charge in [0.05, 0.1) is 0 Å². The van der Waals surface area contributed by atoms with E-state index in [2.05, 4.69) is 29.7 Å². The van der Waals surface area contributed by atoms with Crippen LogP contribution in [0.15, 0.2) is 12.1 Å². The van der Waals surface area contributed by atoms with E-state index in [0.29, 0.717) is 5.92 Å². The number of piperidine rings is 1. The second-order valence-electron chi connectivity index (χ2n) is 5.68. The number of nitrogens with one attached hydrogen (secondary N) is 2. The van der Waals surface area contributed by atoms with Crippen molar-refractivity contribution in [2.75, 3.05) is 19.6 Å². The highest BCUT2D eigenvalue weighted by Gasteiger charge is 2.16. The molecule has 1 amide bonds. The average molecular weight is 260 g/mol. The number of aryl methyl sites for hydroxylation is 3. The van der Waals surface area contributed by atoms with Gasteiger partial charge in [-0.3, -0.25) is 4.79 Å². The van der Waals surface area contributed by atoms with Crippen molar-refractivity contribution in [2.45, 2.75) is 33.6 Å². The Hall–Kier alpha value is -1.35. The van der Waals surface area contributed by atoms with Gasteiger partial charge in [-0.1, -0.05) is 17.7 Å². The molecule has 2 N–H and O–H groups in total. The molecule has 0 spiro atoms. The van der Waals surface area contributed by atoms with Gasteiger partial charge in [-0.05, 0) is 63.7 Å². The normalized spacial score (nSPS) is 16.4. The van der Waals surface area contributed by atoms with Crippen LogP contribution in [-0.2, 0) is 0 Å². The zero-order valence-electron chi connectivity index (χ0n) is 12.2. The molecule has 1 heterocycles. The lowest BCUT2D eigenvalue weighted by Gasteiger charge is -2.23. The summed E-state index contributed by atoms with van der Waals surface area (Å²) in [5.41, 5.74) is 4.20. The van der Waals surface area contributed by atoms with E-state index in [-0.39, 0.29) is 5.91 Å². The molecule has 0 radical (unpaired) electrons. The van der Waals surface area contributed by atoms with Crippen molar-refractivity contribution in [3.05, 3.63) is 34.4 Å². The molecule has 0 unspecified atom stereocenters. The number of hydrogen-bond donors (Lipinski definition) is 2. The highest BCUT2D eigenvalue weighted by Crippen LogP contribution is 2.17. The second kappa shape index (κ2) is 6.20. The molecule has 3 nitrogen and oxygen atoms in total. The minimum atomic E-state index is 0.0773. The van der Waals surface area contributed by atoms with Crippen molar-refractivity contribution >= 4 is 5.91 Å². The maximum atomic E-state index is 12.3. The van der Waals surface area contributed by atoms with E-state index >= 15 is 0 Å². The van der Waals surface area contributed by atoms with Gasteiger partial charge in [0.25, 0.3) is 5.91 Å². The van der Waals surface area contributed by atoms with Crippen LogP contribution in [0.2, 0.25) is 0 Å². The van der Waals surface area contributed by atoms with E-state index in [1.54, 1.807) is 0 Å². The SMILES string of the molecule is Cc1cc(C)c(C(=O)NCC2CCNCC2)c(C)c1. The molecule has 1 aliphatic rings. The van der Waals surface area contributed by atoms with Crippen LogP contribution in [0.1, 0.15) is 39.9 Å². The van der Waals surface area contributed by atoms with Crippen LogP contribution < -0.4 is 10.6 Å². The van der Waals surface area contributed by atoms with Crippen LogP contribution in [0, 0.1) is 26.7 Å². The van der Waals surface area contributed by atoms with Crippen molar-refractivity contribution in [2.24, 2.45) is 5.92 Å². The lowest BCUT2D eigenvalue weighted by atomic mass is 9.96. The van der Waals surface area contributed by atoms with Gasteiger partial charge in [-0.15, -0.1) is 0 Å². The molecule has 104 valence electrons. The molecule has 1 aliphatic heterocycles. The number of carbonyl (C=O) groups excluding carboxylic acids is 1. The Morgan fingerprint density at radius 2 is 1.79 bits per heavy atom. The summed E-state index contributed by atoms with van der Waals surface area (Å²) in [6, 6.07) is 4.15. The third-order valence-corrected chi connectivity index (χ3v) is 3.91. The maximum absolute atomic E-state index is 12.3. The van der Waals surface area contributed by atoms with Crippen LogP contribution in [0.25, 0.3) is 0 Å². The Bertz CT molecular complexity index is 439. The van der Waals surface area contributed by atoms with Gasteiger partial charge in [0.15, 0.2) is 0 Å². The standard InChI is InChI=1S/C16H24N2O/c1-11-8-12(2)15(13(3)9-11)16(19)18-10-14-4-6-17-7-5-14/h8-9,14,17H,4-7,10H2,1-3H3,(H,18,19). The van der Waals surface area contributed by atoms with E-state index in [1.165, 1.54) is 5.56 Å². The van der Waals surface area contributed by atoms with Gasteiger partial charge in [-0.2, -0.15) is 0 Å². The Kier molecular flexibility index (Phi) is 4.59. The first-order chi connectivity index (χ1) is 9.08. The predicted octanol–water partition coefficient (Wildman–Crippen LogP) is 2.34. The largest absolute Gasteiger partial charge is 0.352 e. The smallest absolute Gasteiger partial charge is 0.251 e. The minimum Gasteiger partial charge on any atom is -0.352 e. The molecule has 3 heteroatoms. The molecule has 2 rings (SSSR count). The van der Waals surface area contributed by atoms with E-state index in [9.17, 15) is 4.79 Å². The summed E-state index contributed by atoms with van der Waals surface area (Å²) in [7, 11) is 0. The Labute approximate surface area is 115 Å². The first kappa shape index (κ1) is 14.1. The summed E-state index contributed by atoms with van der Waals surface area (Å²) >= 11 is 0. The van der Waals surface area contributed by atoms with Gasteiger partial charge < -0.3 is 10.6 Å².